The molecule has 0 aromatic carbocycles. The quantitative estimate of drug-likeness (QED) is 0.768. The van der Waals surface area contributed by atoms with Gasteiger partial charge in [0, 0.05) is 23.9 Å². The Morgan fingerprint density at radius 3 is 2.71 bits per heavy atom. The van der Waals surface area contributed by atoms with E-state index < -0.39 is 0 Å². The van der Waals surface area contributed by atoms with Crippen LogP contribution in [-0.4, -0.2) is 32.3 Å². The number of rotatable bonds is 3. The second-order valence-corrected chi connectivity index (χ2v) is 8.52. The van der Waals surface area contributed by atoms with Gasteiger partial charge < -0.3 is 4.90 Å². The molecule has 148 valence electrons. The Kier molecular flexibility index (Phi) is 4.87. The van der Waals surface area contributed by atoms with E-state index in [1.807, 2.05) is 6.07 Å². The summed E-state index contributed by atoms with van der Waals surface area (Å²) in [6.07, 6.45) is 14.2. The van der Waals surface area contributed by atoms with E-state index in [0.29, 0.717) is 6.54 Å². The first-order chi connectivity index (χ1) is 13.8. The molecule has 0 saturated carbocycles. The lowest BCUT2D eigenvalue weighted by atomic mass is 9.97. The molecular weight excluding hydrogens is 350 g/mol. The summed E-state index contributed by atoms with van der Waals surface area (Å²) >= 11 is 0. The van der Waals surface area contributed by atoms with Crippen molar-refractivity contribution in [2.75, 3.05) is 11.4 Å². The van der Waals surface area contributed by atoms with Crippen molar-refractivity contribution < 1.29 is 0 Å². The van der Waals surface area contributed by atoms with Gasteiger partial charge in [-0.1, -0.05) is 6.42 Å². The average molecular weight is 380 g/mol. The van der Waals surface area contributed by atoms with Crippen molar-refractivity contribution in [1.82, 2.24) is 19.7 Å². The molecule has 6 heteroatoms. The fourth-order valence-corrected chi connectivity index (χ4v) is 5.16. The van der Waals surface area contributed by atoms with E-state index in [1.165, 1.54) is 43.4 Å². The number of nitrogens with zero attached hydrogens (tertiary/aromatic N) is 5. The molecule has 3 aliphatic rings. The Bertz CT molecular complexity index is 922. The molecule has 0 bridgehead atoms. The zero-order chi connectivity index (χ0) is 18.9. The van der Waals surface area contributed by atoms with Gasteiger partial charge in [0.2, 0.25) is 0 Å². The van der Waals surface area contributed by atoms with Crippen molar-refractivity contribution in [3.63, 3.8) is 0 Å². The number of anilines is 1. The summed E-state index contributed by atoms with van der Waals surface area (Å²) < 4.78 is 1.72. The minimum atomic E-state index is 0.0500. The fraction of sp³-hybridized carbons (Fsp3) is 0.636. The zero-order valence-corrected chi connectivity index (χ0v) is 16.6. The molecule has 2 aliphatic carbocycles. The summed E-state index contributed by atoms with van der Waals surface area (Å²) in [7, 11) is 0. The van der Waals surface area contributed by atoms with E-state index in [2.05, 4.69) is 9.88 Å². The maximum absolute atomic E-state index is 12.7. The third-order valence-electron chi connectivity index (χ3n) is 6.66. The van der Waals surface area contributed by atoms with Crippen LogP contribution in [0.15, 0.2) is 17.2 Å². The van der Waals surface area contributed by atoms with Crippen LogP contribution in [0.1, 0.15) is 67.5 Å². The molecule has 28 heavy (non-hydrogen) atoms. The maximum Gasteiger partial charge on any atom is 0.267 e. The molecule has 3 heterocycles. The summed E-state index contributed by atoms with van der Waals surface area (Å²) in [4.78, 5) is 24.4. The molecule has 2 aromatic heterocycles. The van der Waals surface area contributed by atoms with Crippen molar-refractivity contribution in [2.45, 2.75) is 83.2 Å². The first-order valence-electron chi connectivity index (χ1n) is 11.0. The predicted octanol–water partition coefficient (Wildman–Crippen LogP) is 2.85. The SMILES string of the molecule is O=c1cc2c(nn1CC1CCCN1c1ncnc3c1CCCCC3)CCCC2. The van der Waals surface area contributed by atoms with E-state index in [1.54, 1.807) is 11.0 Å². The van der Waals surface area contributed by atoms with Crippen LogP contribution in [0.3, 0.4) is 0 Å². The van der Waals surface area contributed by atoms with Gasteiger partial charge in [-0.2, -0.15) is 5.10 Å². The molecule has 1 aliphatic heterocycles. The van der Waals surface area contributed by atoms with Crippen LogP contribution in [0.4, 0.5) is 5.82 Å². The fourth-order valence-electron chi connectivity index (χ4n) is 5.16. The standard InChI is InChI=1S/C22H29N5O/c28-21-13-16-7-4-5-10-19(16)25-27(21)14-17-8-6-12-26(17)22-18-9-2-1-3-11-20(18)23-15-24-22/h13,15,17H,1-12,14H2. The molecule has 0 spiro atoms. The normalized spacial score (nSPS) is 21.9. The Morgan fingerprint density at radius 2 is 1.75 bits per heavy atom. The number of aromatic nitrogens is 4. The van der Waals surface area contributed by atoms with Crippen LogP contribution in [0.25, 0.3) is 0 Å². The smallest absolute Gasteiger partial charge is 0.267 e. The molecule has 2 aromatic rings. The third-order valence-corrected chi connectivity index (χ3v) is 6.66. The Hall–Kier alpha value is -2.24. The van der Waals surface area contributed by atoms with Crippen molar-refractivity contribution in [3.8, 4) is 0 Å². The largest absolute Gasteiger partial charge is 0.351 e. The van der Waals surface area contributed by atoms with Gasteiger partial charge in [-0.05, 0) is 69.8 Å². The van der Waals surface area contributed by atoms with Gasteiger partial charge in [0.05, 0.1) is 18.3 Å². The highest BCUT2D eigenvalue weighted by molar-refractivity contribution is 5.51. The minimum Gasteiger partial charge on any atom is -0.351 e. The van der Waals surface area contributed by atoms with Gasteiger partial charge in [-0.25, -0.2) is 14.6 Å². The molecule has 1 atom stereocenters. The van der Waals surface area contributed by atoms with Crippen LogP contribution in [-0.2, 0) is 32.2 Å². The first kappa shape index (κ1) is 17.8. The lowest BCUT2D eigenvalue weighted by Crippen LogP contribution is -2.38. The number of hydrogen-bond acceptors (Lipinski definition) is 5. The molecule has 6 nitrogen and oxygen atoms in total. The third kappa shape index (κ3) is 3.33. The lowest BCUT2D eigenvalue weighted by molar-refractivity contribution is 0.471. The van der Waals surface area contributed by atoms with Gasteiger partial charge in [0.1, 0.15) is 12.1 Å². The minimum absolute atomic E-state index is 0.0500. The molecule has 1 saturated heterocycles. The lowest BCUT2D eigenvalue weighted by Gasteiger charge is -2.28. The van der Waals surface area contributed by atoms with E-state index in [-0.39, 0.29) is 11.6 Å². The summed E-state index contributed by atoms with van der Waals surface area (Å²) in [6.45, 7) is 1.67. The van der Waals surface area contributed by atoms with Crippen LogP contribution in [0.5, 0.6) is 0 Å². The van der Waals surface area contributed by atoms with E-state index in [4.69, 9.17) is 10.1 Å². The van der Waals surface area contributed by atoms with Crippen LogP contribution in [0, 0.1) is 0 Å². The maximum atomic E-state index is 12.7. The predicted molar refractivity (Wildman–Crippen MR) is 109 cm³/mol. The van der Waals surface area contributed by atoms with E-state index >= 15 is 0 Å². The van der Waals surface area contributed by atoms with Gasteiger partial charge in [-0.15, -0.1) is 0 Å². The Morgan fingerprint density at radius 1 is 0.929 bits per heavy atom. The monoisotopic (exact) mass is 379 g/mol. The van der Waals surface area contributed by atoms with Crippen molar-refractivity contribution in [1.29, 1.82) is 0 Å². The molecule has 0 N–H and O–H groups in total. The van der Waals surface area contributed by atoms with E-state index in [9.17, 15) is 4.79 Å². The topological polar surface area (TPSA) is 63.9 Å². The second kappa shape index (κ2) is 7.64. The molecule has 5 rings (SSSR count). The highest BCUT2D eigenvalue weighted by Crippen LogP contribution is 2.31. The molecule has 0 amide bonds. The molecular formula is C22H29N5O. The summed E-state index contributed by atoms with van der Waals surface area (Å²) in [6, 6.07) is 2.12. The summed E-state index contributed by atoms with van der Waals surface area (Å²) in [5.74, 6) is 1.11. The van der Waals surface area contributed by atoms with Crippen LogP contribution < -0.4 is 10.5 Å². The number of fused-ring (bicyclic) bond motifs is 2. The Labute approximate surface area is 166 Å². The molecule has 0 radical (unpaired) electrons. The average Bonchev–Trinajstić information content (AvgIpc) is 3.02. The van der Waals surface area contributed by atoms with Crippen LogP contribution >= 0.6 is 0 Å². The van der Waals surface area contributed by atoms with Crippen molar-refractivity contribution >= 4 is 5.82 Å². The van der Waals surface area contributed by atoms with Gasteiger partial charge in [0.25, 0.3) is 5.56 Å². The second-order valence-electron chi connectivity index (χ2n) is 8.52. The van der Waals surface area contributed by atoms with Gasteiger partial charge >= 0.3 is 0 Å². The number of aryl methyl sites for hydroxylation is 3. The number of hydrogen-bond donors (Lipinski definition) is 0. The van der Waals surface area contributed by atoms with Crippen LogP contribution in [0.2, 0.25) is 0 Å². The molecule has 1 unspecified atom stereocenters. The zero-order valence-electron chi connectivity index (χ0n) is 16.6. The van der Waals surface area contributed by atoms with Crippen molar-refractivity contribution in [2.24, 2.45) is 0 Å². The van der Waals surface area contributed by atoms with E-state index in [0.717, 1.165) is 62.1 Å². The van der Waals surface area contributed by atoms with Crippen molar-refractivity contribution in [3.05, 3.63) is 45.3 Å². The Balaban J connectivity index is 1.44. The summed E-state index contributed by atoms with van der Waals surface area (Å²) in [5.41, 5.74) is 4.92. The van der Waals surface area contributed by atoms with Gasteiger partial charge in [0.15, 0.2) is 0 Å². The van der Waals surface area contributed by atoms with Gasteiger partial charge in [-0.3, -0.25) is 4.79 Å². The molecule has 1 fully saturated rings. The first-order valence-corrected chi connectivity index (χ1v) is 11.0. The summed E-state index contributed by atoms with van der Waals surface area (Å²) in [5, 5.41) is 4.75. The highest BCUT2D eigenvalue weighted by Gasteiger charge is 2.30. The highest BCUT2D eigenvalue weighted by atomic mass is 16.1.